The van der Waals surface area contributed by atoms with Crippen LogP contribution in [0.15, 0.2) is 36.4 Å². The van der Waals surface area contributed by atoms with Crippen LogP contribution in [0.2, 0.25) is 0 Å². The van der Waals surface area contributed by atoms with E-state index in [9.17, 15) is 10.1 Å². The Hall–Kier alpha value is -2.54. The predicted octanol–water partition coefficient (Wildman–Crippen LogP) is 2.34. The first-order valence-corrected chi connectivity index (χ1v) is 8.28. The van der Waals surface area contributed by atoms with E-state index in [2.05, 4.69) is 20.0 Å². The number of aromatic nitrogens is 2. The molecule has 0 atom stereocenters. The first kappa shape index (κ1) is 15.0. The second kappa shape index (κ2) is 6.16. The summed E-state index contributed by atoms with van der Waals surface area (Å²) in [5, 5.41) is 19.5. The van der Waals surface area contributed by atoms with Gasteiger partial charge in [0.05, 0.1) is 10.6 Å². The fourth-order valence-corrected chi connectivity index (χ4v) is 3.18. The minimum atomic E-state index is -0.398. The van der Waals surface area contributed by atoms with E-state index in [1.807, 2.05) is 18.2 Å². The maximum Gasteiger partial charge on any atom is 0.270 e. The number of rotatable bonds is 4. The van der Waals surface area contributed by atoms with E-state index in [1.165, 1.54) is 25.0 Å². The number of benzene rings is 1. The summed E-state index contributed by atoms with van der Waals surface area (Å²) in [6, 6.07) is 11.1. The van der Waals surface area contributed by atoms with Crippen LogP contribution in [0.5, 0.6) is 0 Å². The van der Waals surface area contributed by atoms with Crippen molar-refractivity contribution < 1.29 is 4.92 Å². The van der Waals surface area contributed by atoms with Crippen LogP contribution in [0, 0.1) is 10.1 Å². The molecule has 24 heavy (non-hydrogen) atoms. The first-order valence-electron chi connectivity index (χ1n) is 8.28. The molecule has 1 aromatic heterocycles. The molecule has 1 aromatic carbocycles. The normalized spacial score (nSPS) is 18.6. The lowest BCUT2D eigenvalue weighted by atomic mass is 10.1. The van der Waals surface area contributed by atoms with E-state index in [-0.39, 0.29) is 5.69 Å². The standard InChI is InChI=1S/C17H19N5O2/c23-22(24)15-3-1-2-13(12-15)16-6-7-17(19-18-16)21-10-8-20(9-11-21)14-4-5-14/h1-3,6-7,12,14H,4-5,8-11H2. The van der Waals surface area contributed by atoms with Gasteiger partial charge in [-0.3, -0.25) is 15.0 Å². The minimum absolute atomic E-state index is 0.0644. The highest BCUT2D eigenvalue weighted by atomic mass is 16.6. The summed E-state index contributed by atoms with van der Waals surface area (Å²) in [6.07, 6.45) is 2.69. The van der Waals surface area contributed by atoms with Gasteiger partial charge in [-0.25, -0.2) is 0 Å². The Labute approximate surface area is 140 Å². The summed E-state index contributed by atoms with van der Waals surface area (Å²) < 4.78 is 0. The number of nitro benzene ring substituents is 1. The minimum Gasteiger partial charge on any atom is -0.353 e. The van der Waals surface area contributed by atoms with Gasteiger partial charge in [0.1, 0.15) is 0 Å². The lowest BCUT2D eigenvalue weighted by molar-refractivity contribution is -0.384. The molecule has 124 valence electrons. The van der Waals surface area contributed by atoms with Crippen LogP contribution in [0.25, 0.3) is 11.3 Å². The lowest BCUT2D eigenvalue weighted by Crippen LogP contribution is -2.47. The van der Waals surface area contributed by atoms with Gasteiger partial charge >= 0.3 is 0 Å². The van der Waals surface area contributed by atoms with Gasteiger partial charge in [-0.15, -0.1) is 10.2 Å². The Bertz CT molecular complexity index is 737. The number of anilines is 1. The van der Waals surface area contributed by atoms with Gasteiger partial charge in [0.25, 0.3) is 5.69 Å². The van der Waals surface area contributed by atoms with Crippen LogP contribution in [-0.4, -0.2) is 52.2 Å². The quantitative estimate of drug-likeness (QED) is 0.634. The zero-order chi connectivity index (χ0) is 16.5. The van der Waals surface area contributed by atoms with Gasteiger partial charge in [-0.1, -0.05) is 12.1 Å². The lowest BCUT2D eigenvalue weighted by Gasteiger charge is -2.35. The predicted molar refractivity (Wildman–Crippen MR) is 90.9 cm³/mol. The zero-order valence-corrected chi connectivity index (χ0v) is 13.3. The number of piperazine rings is 1. The number of nitro groups is 1. The van der Waals surface area contributed by atoms with Gasteiger partial charge in [0, 0.05) is 49.9 Å². The number of non-ortho nitro benzene ring substituents is 1. The summed E-state index contributed by atoms with van der Waals surface area (Å²) in [6.45, 7) is 4.11. The second-order valence-corrected chi connectivity index (χ2v) is 6.34. The largest absolute Gasteiger partial charge is 0.353 e. The molecule has 2 aliphatic rings. The van der Waals surface area contributed by atoms with Crippen molar-refractivity contribution >= 4 is 11.5 Å². The van der Waals surface area contributed by atoms with E-state index in [4.69, 9.17) is 0 Å². The van der Waals surface area contributed by atoms with Crippen molar-refractivity contribution in [2.45, 2.75) is 18.9 Å². The topological polar surface area (TPSA) is 75.4 Å². The number of nitrogens with zero attached hydrogens (tertiary/aromatic N) is 5. The van der Waals surface area contributed by atoms with Crippen molar-refractivity contribution in [2.75, 3.05) is 31.1 Å². The van der Waals surface area contributed by atoms with E-state index in [0.29, 0.717) is 11.3 Å². The molecule has 4 rings (SSSR count). The number of hydrogen-bond acceptors (Lipinski definition) is 6. The summed E-state index contributed by atoms with van der Waals surface area (Å²) >= 11 is 0. The van der Waals surface area contributed by atoms with Gasteiger partial charge in [-0.05, 0) is 25.0 Å². The molecule has 2 fully saturated rings. The summed E-state index contributed by atoms with van der Waals surface area (Å²) in [5.74, 6) is 0.875. The van der Waals surface area contributed by atoms with Crippen molar-refractivity contribution in [3.05, 3.63) is 46.5 Å². The van der Waals surface area contributed by atoms with E-state index >= 15 is 0 Å². The third kappa shape index (κ3) is 3.07. The van der Waals surface area contributed by atoms with Crippen LogP contribution in [0.1, 0.15) is 12.8 Å². The second-order valence-electron chi connectivity index (χ2n) is 6.34. The molecule has 1 saturated heterocycles. The SMILES string of the molecule is O=[N+]([O-])c1cccc(-c2ccc(N3CCN(C4CC4)CC3)nn2)c1. The molecule has 1 aliphatic heterocycles. The van der Waals surface area contributed by atoms with Gasteiger partial charge in [-0.2, -0.15) is 0 Å². The smallest absolute Gasteiger partial charge is 0.270 e. The van der Waals surface area contributed by atoms with Crippen LogP contribution in [-0.2, 0) is 0 Å². The molecular formula is C17H19N5O2. The third-order valence-corrected chi connectivity index (χ3v) is 4.70. The molecule has 2 heterocycles. The Morgan fingerprint density at radius 2 is 1.83 bits per heavy atom. The van der Waals surface area contributed by atoms with Crippen molar-refractivity contribution in [2.24, 2.45) is 0 Å². The molecule has 0 spiro atoms. The van der Waals surface area contributed by atoms with Crippen molar-refractivity contribution in [3.8, 4) is 11.3 Å². The van der Waals surface area contributed by atoms with E-state index in [1.54, 1.807) is 6.07 Å². The van der Waals surface area contributed by atoms with Crippen LogP contribution in [0.4, 0.5) is 11.5 Å². The average molecular weight is 325 g/mol. The van der Waals surface area contributed by atoms with Crippen LogP contribution in [0.3, 0.4) is 0 Å². The maximum atomic E-state index is 10.9. The Balaban J connectivity index is 1.46. The molecule has 7 heteroatoms. The van der Waals surface area contributed by atoms with Gasteiger partial charge < -0.3 is 4.90 Å². The average Bonchev–Trinajstić information content (AvgIpc) is 3.47. The van der Waals surface area contributed by atoms with Crippen molar-refractivity contribution in [1.29, 1.82) is 0 Å². The highest BCUT2D eigenvalue weighted by molar-refractivity contribution is 5.62. The van der Waals surface area contributed by atoms with Crippen LogP contribution < -0.4 is 4.90 Å². The summed E-state index contributed by atoms with van der Waals surface area (Å²) in [4.78, 5) is 15.3. The molecule has 1 saturated carbocycles. The zero-order valence-electron chi connectivity index (χ0n) is 13.3. The molecule has 2 aromatic rings. The third-order valence-electron chi connectivity index (χ3n) is 4.70. The fraction of sp³-hybridized carbons (Fsp3) is 0.412. The van der Waals surface area contributed by atoms with Crippen molar-refractivity contribution in [1.82, 2.24) is 15.1 Å². The molecule has 0 radical (unpaired) electrons. The Morgan fingerprint density at radius 3 is 2.46 bits per heavy atom. The monoisotopic (exact) mass is 325 g/mol. The van der Waals surface area contributed by atoms with Crippen LogP contribution >= 0.6 is 0 Å². The molecule has 7 nitrogen and oxygen atoms in total. The molecular weight excluding hydrogens is 306 g/mol. The molecule has 0 N–H and O–H groups in total. The Kier molecular flexibility index (Phi) is 3.86. The highest BCUT2D eigenvalue weighted by Crippen LogP contribution is 2.28. The molecule has 0 amide bonds. The maximum absolute atomic E-state index is 10.9. The Morgan fingerprint density at radius 1 is 1.04 bits per heavy atom. The highest BCUT2D eigenvalue weighted by Gasteiger charge is 2.31. The van der Waals surface area contributed by atoms with Gasteiger partial charge in [0.15, 0.2) is 5.82 Å². The van der Waals surface area contributed by atoms with Gasteiger partial charge in [0.2, 0.25) is 0 Å². The summed E-state index contributed by atoms with van der Waals surface area (Å²) in [5.41, 5.74) is 1.43. The van der Waals surface area contributed by atoms with Crippen molar-refractivity contribution in [3.63, 3.8) is 0 Å². The fourth-order valence-electron chi connectivity index (χ4n) is 3.18. The van der Waals surface area contributed by atoms with E-state index < -0.39 is 4.92 Å². The molecule has 0 bridgehead atoms. The molecule has 0 unspecified atom stereocenters. The van der Waals surface area contributed by atoms with E-state index in [0.717, 1.165) is 38.0 Å². The molecule has 1 aliphatic carbocycles. The summed E-state index contributed by atoms with van der Waals surface area (Å²) in [7, 11) is 0. The number of hydrogen-bond donors (Lipinski definition) is 0. The first-order chi connectivity index (χ1) is 11.7.